The van der Waals surface area contributed by atoms with E-state index in [2.05, 4.69) is 149 Å². The average molecular weight is 824 g/mol. The Morgan fingerprint density at radius 2 is 1.00 bits per heavy atom. The Morgan fingerprint density at radius 3 is 1.75 bits per heavy atom. The van der Waals surface area contributed by atoms with Crippen LogP contribution in [0.1, 0.15) is 12.8 Å². The molecule has 0 atom stereocenters. The smallest absolute Gasteiger partial charge is 0.164 e. The van der Waals surface area contributed by atoms with Crippen molar-refractivity contribution in [3.05, 3.63) is 205 Å². The van der Waals surface area contributed by atoms with Crippen LogP contribution in [-0.2, 0) is 0 Å². The molecule has 5 nitrogen and oxygen atoms in total. The van der Waals surface area contributed by atoms with E-state index in [0.29, 0.717) is 17.5 Å². The fourth-order valence-corrected chi connectivity index (χ4v) is 10.9. The number of rotatable bonds is 6. The van der Waals surface area contributed by atoms with Crippen molar-refractivity contribution in [2.75, 3.05) is 0 Å². The quantitative estimate of drug-likeness (QED) is 0.168. The minimum absolute atomic E-state index is 0.637. The predicted molar refractivity (Wildman–Crippen MR) is 262 cm³/mol. The van der Waals surface area contributed by atoms with Gasteiger partial charge in [0.25, 0.3) is 0 Å². The molecule has 0 spiro atoms. The summed E-state index contributed by atoms with van der Waals surface area (Å²) in [6.07, 6.45) is 6.75. The SMILES string of the molecule is C1=CC2=C(CC1)n1c3ccccc3c3c4c5cc(-c6ccccc6)ccc5n(-c5cccc(-c6cccc(-c7nc(-c8ccccc8)nc(-c8ccccc8)n7)c6)c5)c4cc(c31)S2. The highest BCUT2D eigenvalue weighted by Crippen LogP contribution is 2.52. The van der Waals surface area contributed by atoms with Crippen molar-refractivity contribution in [3.63, 3.8) is 0 Å². The Labute approximate surface area is 368 Å². The van der Waals surface area contributed by atoms with Crippen LogP contribution < -0.4 is 0 Å². The van der Waals surface area contributed by atoms with Crippen molar-refractivity contribution in [3.8, 4) is 62.1 Å². The molecular formula is C57H37N5S. The predicted octanol–water partition coefficient (Wildman–Crippen LogP) is 15.0. The Balaban J connectivity index is 1.02. The lowest BCUT2D eigenvalue weighted by Gasteiger charge is -2.24. The van der Waals surface area contributed by atoms with E-state index in [9.17, 15) is 0 Å². The zero-order valence-electron chi connectivity index (χ0n) is 34.1. The van der Waals surface area contributed by atoms with Gasteiger partial charge in [0.1, 0.15) is 0 Å². The molecule has 296 valence electrons. The van der Waals surface area contributed by atoms with Gasteiger partial charge in [-0.2, -0.15) is 0 Å². The highest BCUT2D eigenvalue weighted by atomic mass is 32.2. The van der Waals surface area contributed by atoms with Gasteiger partial charge in [-0.1, -0.05) is 170 Å². The Kier molecular flexibility index (Phi) is 8.21. The average Bonchev–Trinajstić information content (AvgIpc) is 3.88. The van der Waals surface area contributed by atoms with E-state index < -0.39 is 0 Å². The summed E-state index contributed by atoms with van der Waals surface area (Å²) in [4.78, 5) is 17.7. The van der Waals surface area contributed by atoms with E-state index in [0.717, 1.165) is 46.3 Å². The zero-order valence-corrected chi connectivity index (χ0v) is 34.9. The second-order valence-corrected chi connectivity index (χ2v) is 17.4. The molecule has 6 heteroatoms. The van der Waals surface area contributed by atoms with Crippen molar-refractivity contribution < 1.29 is 0 Å². The Morgan fingerprint density at radius 1 is 0.413 bits per heavy atom. The highest BCUT2D eigenvalue weighted by molar-refractivity contribution is 8.03. The monoisotopic (exact) mass is 823 g/mol. The third-order valence-corrected chi connectivity index (χ3v) is 13.7. The molecule has 0 fully saturated rings. The van der Waals surface area contributed by atoms with E-state index >= 15 is 0 Å². The van der Waals surface area contributed by atoms with Crippen LogP contribution in [0.2, 0.25) is 0 Å². The van der Waals surface area contributed by atoms with Crippen LogP contribution >= 0.6 is 11.8 Å². The maximum absolute atomic E-state index is 5.05. The number of thioether (sulfide) groups is 1. The lowest BCUT2D eigenvalue weighted by atomic mass is 10.0. The molecule has 0 amide bonds. The van der Waals surface area contributed by atoms with E-state index in [1.54, 1.807) is 0 Å². The summed E-state index contributed by atoms with van der Waals surface area (Å²) in [6, 6.07) is 67.1. The molecule has 1 aliphatic carbocycles. The summed E-state index contributed by atoms with van der Waals surface area (Å²) in [5.74, 6) is 1.93. The highest BCUT2D eigenvalue weighted by Gasteiger charge is 2.29. The third-order valence-electron chi connectivity index (χ3n) is 12.6. The van der Waals surface area contributed by atoms with Gasteiger partial charge in [-0.25, -0.2) is 15.0 Å². The van der Waals surface area contributed by atoms with Gasteiger partial charge in [0, 0.05) is 59.4 Å². The van der Waals surface area contributed by atoms with Crippen molar-refractivity contribution in [1.82, 2.24) is 24.1 Å². The Bertz CT molecular complexity index is 3640. The molecule has 11 aromatic rings. The van der Waals surface area contributed by atoms with Gasteiger partial charge in [-0.15, -0.1) is 0 Å². The number of benzene rings is 8. The molecule has 3 aromatic heterocycles. The summed E-state index contributed by atoms with van der Waals surface area (Å²) in [6.45, 7) is 0. The molecule has 2 aliphatic rings. The van der Waals surface area contributed by atoms with Crippen LogP contribution in [0.15, 0.2) is 210 Å². The number of allylic oxidation sites excluding steroid dienone is 3. The van der Waals surface area contributed by atoms with Gasteiger partial charge in [-0.05, 0) is 77.6 Å². The molecule has 0 radical (unpaired) electrons. The molecule has 0 bridgehead atoms. The van der Waals surface area contributed by atoms with Crippen LogP contribution in [0.3, 0.4) is 0 Å². The summed E-state index contributed by atoms with van der Waals surface area (Å²) < 4.78 is 5.06. The fourth-order valence-electron chi connectivity index (χ4n) is 9.74. The summed E-state index contributed by atoms with van der Waals surface area (Å²) in [5, 5.41) is 5.16. The number of para-hydroxylation sites is 1. The lowest BCUT2D eigenvalue weighted by Crippen LogP contribution is -2.06. The second kappa shape index (κ2) is 14.4. The van der Waals surface area contributed by atoms with E-state index in [1.807, 2.05) is 72.4 Å². The van der Waals surface area contributed by atoms with Crippen molar-refractivity contribution in [1.29, 1.82) is 0 Å². The van der Waals surface area contributed by atoms with E-state index in [-0.39, 0.29) is 0 Å². The largest absolute Gasteiger partial charge is 0.311 e. The van der Waals surface area contributed by atoms with Gasteiger partial charge in [0.15, 0.2) is 17.5 Å². The van der Waals surface area contributed by atoms with Gasteiger partial charge in [-0.3, -0.25) is 0 Å². The normalized spacial score (nSPS) is 13.4. The topological polar surface area (TPSA) is 48.5 Å². The van der Waals surface area contributed by atoms with E-state index in [4.69, 9.17) is 15.0 Å². The van der Waals surface area contributed by atoms with Crippen LogP contribution in [0.4, 0.5) is 0 Å². The van der Waals surface area contributed by atoms with Gasteiger partial charge >= 0.3 is 0 Å². The van der Waals surface area contributed by atoms with Crippen LogP contribution in [0.25, 0.3) is 111 Å². The standard InChI is InChI=1S/C57H37N5S/c1-4-16-36(17-5-1)41-30-31-47-45(34-41)52-49(35-51-54-53(52)44-26-10-11-27-46(44)62(54)48-28-12-13-29-50(48)63-51)61(47)43-25-15-23-40(33-43)39-22-14-24-42(32-39)57-59-55(37-18-6-2-7-19-37)58-56(60-57)38-20-8-3-9-21-38/h1-11,13-27,29-35H,12,28H2. The number of nitrogens with zero attached hydrogens (tertiary/aromatic N) is 5. The molecule has 4 heterocycles. The van der Waals surface area contributed by atoms with Gasteiger partial charge < -0.3 is 9.13 Å². The zero-order chi connectivity index (χ0) is 41.4. The maximum Gasteiger partial charge on any atom is 0.164 e. The summed E-state index contributed by atoms with van der Waals surface area (Å²) in [5.41, 5.74) is 14.9. The molecule has 0 N–H and O–H groups in total. The molecule has 8 aromatic carbocycles. The van der Waals surface area contributed by atoms with Gasteiger partial charge in [0.05, 0.1) is 22.1 Å². The Hall–Kier alpha value is -7.80. The van der Waals surface area contributed by atoms with Crippen molar-refractivity contribution in [2.24, 2.45) is 0 Å². The minimum Gasteiger partial charge on any atom is -0.311 e. The molecule has 13 rings (SSSR count). The molecule has 0 saturated heterocycles. The van der Waals surface area contributed by atoms with Crippen LogP contribution in [0.5, 0.6) is 0 Å². The van der Waals surface area contributed by atoms with Crippen molar-refractivity contribution in [2.45, 2.75) is 17.7 Å². The minimum atomic E-state index is 0.637. The first-order valence-electron chi connectivity index (χ1n) is 21.5. The maximum atomic E-state index is 5.05. The molecule has 0 unspecified atom stereocenters. The molecule has 63 heavy (non-hydrogen) atoms. The molecule has 0 saturated carbocycles. The number of hydrogen-bond acceptors (Lipinski definition) is 4. The fraction of sp³-hybridized carbons (Fsp3) is 0.0351. The lowest BCUT2D eigenvalue weighted by molar-refractivity contribution is 0.968. The first-order valence-corrected chi connectivity index (χ1v) is 22.3. The molecule has 1 aliphatic heterocycles. The first-order chi connectivity index (χ1) is 31.2. The summed E-state index contributed by atoms with van der Waals surface area (Å²) in [7, 11) is 0. The van der Waals surface area contributed by atoms with E-state index in [1.165, 1.54) is 70.2 Å². The number of aromatic nitrogens is 5. The third kappa shape index (κ3) is 5.83. The number of fused-ring (bicyclic) bond motifs is 8. The van der Waals surface area contributed by atoms with Crippen molar-refractivity contribution >= 4 is 61.1 Å². The second-order valence-electron chi connectivity index (χ2n) is 16.3. The summed E-state index contributed by atoms with van der Waals surface area (Å²) >= 11 is 1.92. The first kappa shape index (κ1) is 35.9. The molecular weight excluding hydrogens is 787 g/mol. The van der Waals surface area contributed by atoms with Crippen LogP contribution in [-0.4, -0.2) is 24.1 Å². The van der Waals surface area contributed by atoms with Crippen LogP contribution in [0, 0.1) is 0 Å². The number of hydrogen-bond donors (Lipinski definition) is 0. The van der Waals surface area contributed by atoms with Gasteiger partial charge in [0.2, 0.25) is 0 Å².